The van der Waals surface area contributed by atoms with Gasteiger partial charge in [0.05, 0.1) is 4.92 Å². The first-order valence-corrected chi connectivity index (χ1v) is 6.51. The summed E-state index contributed by atoms with van der Waals surface area (Å²) in [5, 5.41) is 14.1. The minimum atomic E-state index is -0.375. The predicted octanol–water partition coefficient (Wildman–Crippen LogP) is 2.27. The molecule has 0 bridgehead atoms. The molecule has 0 aliphatic rings. The van der Waals surface area contributed by atoms with E-state index in [0.29, 0.717) is 12.0 Å². The number of nitro benzene ring substituents is 1. The predicted molar refractivity (Wildman–Crippen MR) is 77.1 cm³/mol. The van der Waals surface area contributed by atoms with Crippen molar-refractivity contribution in [3.63, 3.8) is 0 Å². The number of hydrogen-bond acceptors (Lipinski definition) is 4. The van der Waals surface area contributed by atoms with Gasteiger partial charge in [0.15, 0.2) is 0 Å². The van der Waals surface area contributed by atoms with Gasteiger partial charge in [0.1, 0.15) is 0 Å². The highest BCUT2D eigenvalue weighted by molar-refractivity contribution is 5.32. The van der Waals surface area contributed by atoms with E-state index in [1.807, 2.05) is 0 Å². The average molecular weight is 265 g/mol. The fraction of sp³-hybridized carbons (Fsp3) is 0.571. The van der Waals surface area contributed by atoms with Gasteiger partial charge in [-0.1, -0.05) is 26.0 Å². The van der Waals surface area contributed by atoms with Crippen LogP contribution < -0.4 is 5.32 Å². The third kappa shape index (κ3) is 5.36. The lowest BCUT2D eigenvalue weighted by Gasteiger charge is -2.25. The first kappa shape index (κ1) is 15.6. The van der Waals surface area contributed by atoms with Crippen molar-refractivity contribution in [3.05, 3.63) is 39.9 Å². The standard InChI is InChI=1S/C14H23N3O2/c1-11(2)14(10-16(3)4)15-9-12-5-7-13(8-6-12)17(18)19/h5-8,11,14-15H,9-10H2,1-4H3. The second-order valence-electron chi connectivity index (χ2n) is 5.42. The van der Waals surface area contributed by atoms with Gasteiger partial charge in [-0.25, -0.2) is 0 Å². The van der Waals surface area contributed by atoms with E-state index < -0.39 is 0 Å². The van der Waals surface area contributed by atoms with Crippen LogP contribution in [0.1, 0.15) is 19.4 Å². The van der Waals surface area contributed by atoms with Crippen LogP contribution in [0.15, 0.2) is 24.3 Å². The van der Waals surface area contributed by atoms with Crippen molar-refractivity contribution in [2.45, 2.75) is 26.4 Å². The van der Waals surface area contributed by atoms with Crippen LogP contribution >= 0.6 is 0 Å². The van der Waals surface area contributed by atoms with Crippen LogP contribution in [-0.4, -0.2) is 36.5 Å². The average Bonchev–Trinajstić information content (AvgIpc) is 2.34. The molecular weight excluding hydrogens is 242 g/mol. The molecule has 0 saturated heterocycles. The Labute approximate surface area is 114 Å². The van der Waals surface area contributed by atoms with E-state index in [2.05, 4.69) is 38.2 Å². The van der Waals surface area contributed by atoms with Crippen molar-refractivity contribution in [1.82, 2.24) is 10.2 Å². The molecule has 0 amide bonds. The zero-order valence-electron chi connectivity index (χ0n) is 12.1. The lowest BCUT2D eigenvalue weighted by molar-refractivity contribution is -0.384. The van der Waals surface area contributed by atoms with Crippen molar-refractivity contribution in [2.75, 3.05) is 20.6 Å². The number of hydrogen-bond donors (Lipinski definition) is 1. The molecule has 19 heavy (non-hydrogen) atoms. The Morgan fingerprint density at radius 1 is 1.26 bits per heavy atom. The van der Waals surface area contributed by atoms with E-state index in [0.717, 1.165) is 18.7 Å². The number of benzene rings is 1. The maximum absolute atomic E-state index is 10.6. The van der Waals surface area contributed by atoms with Crippen LogP contribution in [0.25, 0.3) is 0 Å². The molecule has 106 valence electrons. The minimum Gasteiger partial charge on any atom is -0.308 e. The molecular formula is C14H23N3O2. The summed E-state index contributed by atoms with van der Waals surface area (Å²) in [6.45, 7) is 6.09. The summed E-state index contributed by atoms with van der Waals surface area (Å²) < 4.78 is 0. The minimum absolute atomic E-state index is 0.137. The van der Waals surface area contributed by atoms with Gasteiger partial charge in [0.25, 0.3) is 5.69 Å². The molecule has 1 unspecified atom stereocenters. The summed E-state index contributed by atoms with van der Waals surface area (Å²) in [6, 6.07) is 7.11. The maximum Gasteiger partial charge on any atom is 0.269 e. The number of nitro groups is 1. The maximum atomic E-state index is 10.6. The first-order valence-electron chi connectivity index (χ1n) is 6.51. The fourth-order valence-electron chi connectivity index (χ4n) is 1.89. The highest BCUT2D eigenvalue weighted by Gasteiger charge is 2.13. The van der Waals surface area contributed by atoms with Crippen LogP contribution in [0.4, 0.5) is 5.69 Å². The summed E-state index contributed by atoms with van der Waals surface area (Å²) in [7, 11) is 4.12. The Bertz CT molecular complexity index is 402. The van der Waals surface area contributed by atoms with Gasteiger partial charge < -0.3 is 10.2 Å². The van der Waals surface area contributed by atoms with Gasteiger partial charge >= 0.3 is 0 Å². The third-order valence-corrected chi connectivity index (χ3v) is 3.08. The highest BCUT2D eigenvalue weighted by atomic mass is 16.6. The van der Waals surface area contributed by atoms with Crippen LogP contribution in [0, 0.1) is 16.0 Å². The van der Waals surface area contributed by atoms with E-state index in [9.17, 15) is 10.1 Å². The van der Waals surface area contributed by atoms with Gasteiger partial charge in [0.2, 0.25) is 0 Å². The van der Waals surface area contributed by atoms with Gasteiger partial charge in [-0.2, -0.15) is 0 Å². The molecule has 5 heteroatoms. The van der Waals surface area contributed by atoms with Crippen molar-refractivity contribution in [3.8, 4) is 0 Å². The molecule has 1 aromatic rings. The normalized spacial score (nSPS) is 12.9. The van der Waals surface area contributed by atoms with E-state index in [4.69, 9.17) is 0 Å². The molecule has 0 aliphatic carbocycles. The Kier molecular flexibility index (Phi) is 5.92. The number of likely N-dealkylation sites (N-methyl/N-ethyl adjacent to an activating group) is 1. The summed E-state index contributed by atoms with van der Waals surface area (Å²) in [6.07, 6.45) is 0. The Morgan fingerprint density at radius 2 is 1.84 bits per heavy atom. The molecule has 0 heterocycles. The molecule has 0 saturated carbocycles. The first-order chi connectivity index (χ1) is 8.90. The Morgan fingerprint density at radius 3 is 2.26 bits per heavy atom. The van der Waals surface area contributed by atoms with Gasteiger partial charge in [-0.3, -0.25) is 10.1 Å². The van der Waals surface area contributed by atoms with E-state index in [1.54, 1.807) is 24.3 Å². The molecule has 0 fully saturated rings. The molecule has 0 aromatic heterocycles. The molecule has 5 nitrogen and oxygen atoms in total. The molecule has 0 aliphatic heterocycles. The number of nitrogens with one attached hydrogen (secondary N) is 1. The summed E-state index contributed by atoms with van der Waals surface area (Å²) in [5.41, 5.74) is 1.20. The van der Waals surface area contributed by atoms with Crippen LogP contribution in [0.2, 0.25) is 0 Å². The second kappa shape index (κ2) is 7.21. The van der Waals surface area contributed by atoms with Crippen LogP contribution in [0.3, 0.4) is 0 Å². The molecule has 1 aromatic carbocycles. The smallest absolute Gasteiger partial charge is 0.269 e. The van der Waals surface area contributed by atoms with Gasteiger partial charge in [-0.05, 0) is 25.6 Å². The van der Waals surface area contributed by atoms with E-state index >= 15 is 0 Å². The quantitative estimate of drug-likeness (QED) is 0.607. The summed E-state index contributed by atoms with van der Waals surface area (Å²) >= 11 is 0. The highest BCUT2D eigenvalue weighted by Crippen LogP contribution is 2.12. The Hall–Kier alpha value is -1.46. The number of rotatable bonds is 7. The SMILES string of the molecule is CC(C)C(CN(C)C)NCc1ccc([N+](=O)[O-])cc1. The largest absolute Gasteiger partial charge is 0.308 e. The van der Waals surface area contributed by atoms with Crippen molar-refractivity contribution >= 4 is 5.69 Å². The second-order valence-corrected chi connectivity index (χ2v) is 5.42. The zero-order chi connectivity index (χ0) is 14.4. The molecule has 1 rings (SSSR count). The van der Waals surface area contributed by atoms with E-state index in [-0.39, 0.29) is 10.6 Å². The van der Waals surface area contributed by atoms with Crippen molar-refractivity contribution in [2.24, 2.45) is 5.92 Å². The zero-order valence-corrected chi connectivity index (χ0v) is 12.1. The van der Waals surface area contributed by atoms with Crippen LogP contribution in [-0.2, 0) is 6.54 Å². The monoisotopic (exact) mass is 265 g/mol. The van der Waals surface area contributed by atoms with Crippen molar-refractivity contribution in [1.29, 1.82) is 0 Å². The van der Waals surface area contributed by atoms with E-state index in [1.165, 1.54) is 0 Å². The molecule has 0 radical (unpaired) electrons. The fourth-order valence-corrected chi connectivity index (χ4v) is 1.89. The topological polar surface area (TPSA) is 58.4 Å². The lowest BCUT2D eigenvalue weighted by Crippen LogP contribution is -2.41. The summed E-state index contributed by atoms with van der Waals surface area (Å²) in [4.78, 5) is 12.4. The molecule has 1 atom stereocenters. The number of nitrogens with zero attached hydrogens (tertiary/aromatic N) is 2. The molecule has 1 N–H and O–H groups in total. The number of non-ortho nitro benzene ring substituents is 1. The lowest BCUT2D eigenvalue weighted by atomic mass is 10.0. The van der Waals surface area contributed by atoms with Gasteiger partial charge in [0, 0.05) is 31.3 Å². The molecule has 0 spiro atoms. The third-order valence-electron chi connectivity index (χ3n) is 3.08. The van der Waals surface area contributed by atoms with Crippen molar-refractivity contribution < 1.29 is 4.92 Å². The summed E-state index contributed by atoms with van der Waals surface area (Å²) in [5.74, 6) is 0.542. The van der Waals surface area contributed by atoms with Gasteiger partial charge in [-0.15, -0.1) is 0 Å². The Balaban J connectivity index is 2.56. The van der Waals surface area contributed by atoms with Crippen LogP contribution in [0.5, 0.6) is 0 Å².